The Hall–Kier alpha value is -1.51. The van der Waals surface area contributed by atoms with Crippen LogP contribution in [0.4, 0.5) is 0 Å². The van der Waals surface area contributed by atoms with Crippen LogP contribution < -0.4 is 0 Å². The summed E-state index contributed by atoms with van der Waals surface area (Å²) in [7, 11) is 0. The number of nitriles is 1. The van der Waals surface area contributed by atoms with Crippen molar-refractivity contribution in [2.75, 3.05) is 0 Å². The van der Waals surface area contributed by atoms with Crippen LogP contribution in [-0.2, 0) is 6.42 Å². The molecule has 0 amide bonds. The quantitative estimate of drug-likeness (QED) is 0.848. The second kappa shape index (κ2) is 4.40. The summed E-state index contributed by atoms with van der Waals surface area (Å²) in [6.45, 7) is 0. The fourth-order valence-electron chi connectivity index (χ4n) is 1.51. The summed E-state index contributed by atoms with van der Waals surface area (Å²) in [5.74, 6) is -0.505. The van der Waals surface area contributed by atoms with E-state index in [0.717, 1.165) is 0 Å². The molecule has 2 N–H and O–H groups in total. The van der Waals surface area contributed by atoms with Gasteiger partial charge in [0.05, 0.1) is 28.6 Å². The molecule has 6 heteroatoms. The molecule has 2 aromatic rings. The maximum atomic E-state index is 9.95. The van der Waals surface area contributed by atoms with Crippen LogP contribution in [-0.4, -0.2) is 15.2 Å². The summed E-state index contributed by atoms with van der Waals surface area (Å²) in [5, 5.41) is 29.0. The SMILES string of the molecule is N#CCc1c(O)nc2cc(Br)c(Cl)cc2c1O. The molecule has 4 nitrogen and oxygen atoms in total. The molecule has 0 atom stereocenters. The maximum Gasteiger partial charge on any atom is 0.219 e. The van der Waals surface area contributed by atoms with Crippen LogP contribution >= 0.6 is 27.5 Å². The second-order valence-electron chi connectivity index (χ2n) is 3.38. The molecular formula is C11H6BrClN2O2. The fourth-order valence-corrected chi connectivity index (χ4v) is 2.01. The number of hydrogen-bond donors (Lipinski definition) is 2. The van der Waals surface area contributed by atoms with E-state index in [1.165, 1.54) is 6.07 Å². The highest BCUT2D eigenvalue weighted by molar-refractivity contribution is 9.10. The normalized spacial score (nSPS) is 10.4. The van der Waals surface area contributed by atoms with Gasteiger partial charge in [0.25, 0.3) is 0 Å². The molecule has 0 spiro atoms. The number of benzene rings is 1. The van der Waals surface area contributed by atoms with Gasteiger partial charge in [-0.25, -0.2) is 4.98 Å². The molecule has 1 aromatic heterocycles. The predicted octanol–water partition coefficient (Wildman–Crippen LogP) is 3.13. The van der Waals surface area contributed by atoms with Gasteiger partial charge in [-0.15, -0.1) is 0 Å². The molecule has 17 heavy (non-hydrogen) atoms. The van der Waals surface area contributed by atoms with Crippen LogP contribution in [0.5, 0.6) is 11.6 Å². The average Bonchev–Trinajstić information content (AvgIpc) is 2.28. The van der Waals surface area contributed by atoms with E-state index in [4.69, 9.17) is 16.9 Å². The lowest BCUT2D eigenvalue weighted by atomic mass is 10.1. The standard InChI is InChI=1S/C11H6BrClN2O2/c12-7-4-9-6(3-8(7)13)10(16)5(1-2-14)11(17)15-9/h3-4H,1H2,(H2,15,16,17). The summed E-state index contributed by atoms with van der Waals surface area (Å²) < 4.78 is 0.617. The minimum absolute atomic E-state index is 0.110. The Labute approximate surface area is 110 Å². The lowest BCUT2D eigenvalue weighted by Crippen LogP contribution is -1.90. The third-order valence-electron chi connectivity index (χ3n) is 2.33. The van der Waals surface area contributed by atoms with Crippen LogP contribution in [0.15, 0.2) is 16.6 Å². The monoisotopic (exact) mass is 312 g/mol. The first-order valence-corrected chi connectivity index (χ1v) is 5.78. The number of pyridine rings is 1. The molecule has 0 saturated heterocycles. The van der Waals surface area contributed by atoms with Crippen molar-refractivity contribution in [1.82, 2.24) is 4.98 Å². The molecule has 86 valence electrons. The molecule has 0 unspecified atom stereocenters. The van der Waals surface area contributed by atoms with Crippen molar-refractivity contribution in [3.05, 3.63) is 27.2 Å². The number of halogens is 2. The van der Waals surface area contributed by atoms with Gasteiger partial charge in [-0.1, -0.05) is 11.6 Å². The summed E-state index contributed by atoms with van der Waals surface area (Å²) >= 11 is 9.14. The highest BCUT2D eigenvalue weighted by Crippen LogP contribution is 2.37. The Bertz CT molecular complexity index is 652. The molecule has 2 rings (SSSR count). The molecular weight excluding hydrogens is 307 g/mol. The first-order chi connectivity index (χ1) is 8.04. The highest BCUT2D eigenvalue weighted by atomic mass is 79.9. The van der Waals surface area contributed by atoms with Crippen molar-refractivity contribution in [1.29, 1.82) is 5.26 Å². The minimum atomic E-state index is -0.342. The van der Waals surface area contributed by atoms with Gasteiger partial charge in [-0.2, -0.15) is 5.26 Å². The summed E-state index contributed by atoms with van der Waals surface area (Å²) in [4.78, 5) is 3.91. The van der Waals surface area contributed by atoms with Crippen molar-refractivity contribution in [2.45, 2.75) is 6.42 Å². The minimum Gasteiger partial charge on any atom is -0.507 e. The smallest absolute Gasteiger partial charge is 0.219 e. The maximum absolute atomic E-state index is 9.95. The van der Waals surface area contributed by atoms with Gasteiger partial charge in [-0.3, -0.25) is 0 Å². The van der Waals surface area contributed by atoms with Gasteiger partial charge in [0.1, 0.15) is 5.75 Å². The molecule has 1 heterocycles. The van der Waals surface area contributed by atoms with Crippen LogP contribution in [0.1, 0.15) is 5.56 Å². The zero-order chi connectivity index (χ0) is 12.6. The number of rotatable bonds is 1. The van der Waals surface area contributed by atoms with Gasteiger partial charge < -0.3 is 10.2 Å². The Balaban J connectivity index is 2.83. The predicted molar refractivity (Wildman–Crippen MR) is 67.1 cm³/mol. The number of hydrogen-bond acceptors (Lipinski definition) is 4. The van der Waals surface area contributed by atoms with Gasteiger partial charge in [0, 0.05) is 9.86 Å². The Kier molecular flexibility index (Phi) is 3.09. The topological polar surface area (TPSA) is 77.1 Å². The lowest BCUT2D eigenvalue weighted by molar-refractivity contribution is 0.431. The first kappa shape index (κ1) is 12.0. The Morgan fingerprint density at radius 3 is 2.76 bits per heavy atom. The second-order valence-corrected chi connectivity index (χ2v) is 4.64. The third kappa shape index (κ3) is 2.02. The van der Waals surface area contributed by atoms with Gasteiger partial charge in [0.2, 0.25) is 5.88 Å². The lowest BCUT2D eigenvalue weighted by Gasteiger charge is -2.08. The summed E-state index contributed by atoms with van der Waals surface area (Å²) in [6.07, 6.45) is -0.117. The van der Waals surface area contributed by atoms with Crippen molar-refractivity contribution < 1.29 is 10.2 Å². The molecule has 0 radical (unpaired) electrons. The Morgan fingerprint density at radius 1 is 1.41 bits per heavy atom. The van der Waals surface area contributed by atoms with Crippen LogP contribution in [0, 0.1) is 11.3 Å². The third-order valence-corrected chi connectivity index (χ3v) is 3.53. The molecule has 0 aliphatic heterocycles. The number of nitrogens with zero attached hydrogens (tertiary/aromatic N) is 2. The number of aromatic hydroxyl groups is 2. The van der Waals surface area contributed by atoms with E-state index < -0.39 is 0 Å². The zero-order valence-electron chi connectivity index (χ0n) is 8.41. The first-order valence-electron chi connectivity index (χ1n) is 4.61. The summed E-state index contributed by atoms with van der Waals surface area (Å²) in [6, 6.07) is 4.98. The summed E-state index contributed by atoms with van der Waals surface area (Å²) in [5.41, 5.74) is 0.511. The molecule has 0 aliphatic rings. The molecule has 0 aliphatic carbocycles. The average molecular weight is 314 g/mol. The number of aromatic nitrogens is 1. The van der Waals surface area contributed by atoms with E-state index in [2.05, 4.69) is 20.9 Å². The Morgan fingerprint density at radius 2 is 2.12 bits per heavy atom. The van der Waals surface area contributed by atoms with Crippen LogP contribution in [0.2, 0.25) is 5.02 Å². The van der Waals surface area contributed by atoms with E-state index in [1.807, 2.05) is 6.07 Å². The van der Waals surface area contributed by atoms with E-state index in [1.54, 1.807) is 6.07 Å². The van der Waals surface area contributed by atoms with Crippen molar-refractivity contribution >= 4 is 38.4 Å². The highest BCUT2D eigenvalue weighted by Gasteiger charge is 2.15. The van der Waals surface area contributed by atoms with E-state index in [9.17, 15) is 10.2 Å². The van der Waals surface area contributed by atoms with E-state index in [0.29, 0.717) is 20.4 Å². The van der Waals surface area contributed by atoms with Crippen LogP contribution in [0.25, 0.3) is 10.9 Å². The van der Waals surface area contributed by atoms with Gasteiger partial charge in [0.15, 0.2) is 0 Å². The molecule has 0 bridgehead atoms. The van der Waals surface area contributed by atoms with E-state index >= 15 is 0 Å². The largest absolute Gasteiger partial charge is 0.507 e. The van der Waals surface area contributed by atoms with Gasteiger partial charge >= 0.3 is 0 Å². The van der Waals surface area contributed by atoms with Crippen molar-refractivity contribution in [3.8, 4) is 17.7 Å². The van der Waals surface area contributed by atoms with Crippen LogP contribution in [0.3, 0.4) is 0 Å². The molecule has 1 aromatic carbocycles. The van der Waals surface area contributed by atoms with E-state index in [-0.39, 0.29) is 23.6 Å². The number of fused-ring (bicyclic) bond motifs is 1. The van der Waals surface area contributed by atoms with Gasteiger partial charge in [-0.05, 0) is 28.1 Å². The molecule has 0 fully saturated rings. The van der Waals surface area contributed by atoms with Crippen molar-refractivity contribution in [2.24, 2.45) is 0 Å². The molecule has 0 saturated carbocycles. The van der Waals surface area contributed by atoms with Crippen molar-refractivity contribution in [3.63, 3.8) is 0 Å². The zero-order valence-corrected chi connectivity index (χ0v) is 10.7. The fraction of sp³-hybridized carbons (Fsp3) is 0.0909.